The summed E-state index contributed by atoms with van der Waals surface area (Å²) in [5, 5.41) is 35.8. The molecule has 4 N–H and O–H groups in total. The summed E-state index contributed by atoms with van der Waals surface area (Å²) in [5.74, 6) is 0. The van der Waals surface area contributed by atoms with Gasteiger partial charge < -0.3 is 30.2 Å². The van der Waals surface area contributed by atoms with Crippen LogP contribution >= 0.6 is 0 Å². The summed E-state index contributed by atoms with van der Waals surface area (Å²) >= 11 is 0. The average molecular weight is 349 g/mol. The van der Waals surface area contributed by atoms with Gasteiger partial charge in [0.05, 0.1) is 0 Å². The van der Waals surface area contributed by atoms with E-state index in [1.807, 2.05) is 0 Å². The van der Waals surface area contributed by atoms with Crippen molar-refractivity contribution in [2.75, 3.05) is 65.7 Å². The zero-order valence-electron chi connectivity index (χ0n) is 15.4. The molecular formula is C18H40N2O4. The van der Waals surface area contributed by atoms with E-state index in [2.05, 4.69) is 9.80 Å². The first-order valence-electron chi connectivity index (χ1n) is 9.66. The molecule has 0 spiro atoms. The monoisotopic (exact) mass is 348 g/mol. The van der Waals surface area contributed by atoms with Crippen LogP contribution < -0.4 is 0 Å². The third-order valence-corrected chi connectivity index (χ3v) is 4.26. The molecule has 0 aromatic carbocycles. The molecule has 24 heavy (non-hydrogen) atoms. The van der Waals surface area contributed by atoms with Crippen molar-refractivity contribution in [3.8, 4) is 0 Å². The molecule has 0 aromatic heterocycles. The molecule has 0 saturated heterocycles. The van der Waals surface area contributed by atoms with Crippen LogP contribution in [0.3, 0.4) is 0 Å². The summed E-state index contributed by atoms with van der Waals surface area (Å²) in [6.45, 7) is 6.96. The SMILES string of the molecule is OCCCCN(CCCCO)CCN(CCCCO)CCCCO. The van der Waals surface area contributed by atoms with Crippen LogP contribution in [0.2, 0.25) is 0 Å². The van der Waals surface area contributed by atoms with Crippen molar-refractivity contribution < 1.29 is 20.4 Å². The molecule has 0 atom stereocenters. The zero-order chi connectivity index (χ0) is 17.9. The van der Waals surface area contributed by atoms with E-state index in [0.29, 0.717) is 0 Å². The Morgan fingerprint density at radius 2 is 0.583 bits per heavy atom. The van der Waals surface area contributed by atoms with E-state index in [1.165, 1.54) is 0 Å². The van der Waals surface area contributed by atoms with Crippen molar-refractivity contribution in [1.29, 1.82) is 0 Å². The number of unbranched alkanes of at least 4 members (excludes halogenated alkanes) is 4. The molecule has 0 amide bonds. The van der Waals surface area contributed by atoms with Crippen molar-refractivity contribution in [2.45, 2.75) is 51.4 Å². The fourth-order valence-electron chi connectivity index (χ4n) is 2.74. The fourth-order valence-corrected chi connectivity index (χ4v) is 2.74. The van der Waals surface area contributed by atoms with E-state index in [1.54, 1.807) is 0 Å². The van der Waals surface area contributed by atoms with Crippen molar-refractivity contribution in [1.82, 2.24) is 9.80 Å². The van der Waals surface area contributed by atoms with Gasteiger partial charge in [-0.15, -0.1) is 0 Å². The molecule has 0 rings (SSSR count). The molecule has 146 valence electrons. The Kier molecular flexibility index (Phi) is 18.9. The maximum absolute atomic E-state index is 8.95. The van der Waals surface area contributed by atoms with Gasteiger partial charge in [0.25, 0.3) is 0 Å². The highest BCUT2D eigenvalue weighted by Gasteiger charge is 2.09. The van der Waals surface area contributed by atoms with E-state index in [9.17, 15) is 0 Å². The fraction of sp³-hybridized carbons (Fsp3) is 1.00. The smallest absolute Gasteiger partial charge is 0.0431 e. The van der Waals surface area contributed by atoms with Crippen LogP contribution in [0.25, 0.3) is 0 Å². The minimum absolute atomic E-state index is 0.249. The van der Waals surface area contributed by atoms with Gasteiger partial charge in [-0.25, -0.2) is 0 Å². The van der Waals surface area contributed by atoms with Crippen LogP contribution in [0.15, 0.2) is 0 Å². The predicted octanol–water partition coefficient (Wildman–Crippen LogP) is 0.680. The highest BCUT2D eigenvalue weighted by molar-refractivity contribution is 4.65. The minimum atomic E-state index is 0.249. The lowest BCUT2D eigenvalue weighted by atomic mass is 10.2. The topological polar surface area (TPSA) is 87.4 Å². The molecule has 0 aromatic rings. The Morgan fingerprint density at radius 1 is 0.333 bits per heavy atom. The van der Waals surface area contributed by atoms with Crippen molar-refractivity contribution >= 4 is 0 Å². The Balaban J connectivity index is 4.21. The van der Waals surface area contributed by atoms with Gasteiger partial charge in [0.1, 0.15) is 0 Å². The second kappa shape index (κ2) is 19.1. The first-order chi connectivity index (χ1) is 11.8. The third-order valence-electron chi connectivity index (χ3n) is 4.26. The summed E-state index contributed by atoms with van der Waals surface area (Å²) in [4.78, 5) is 4.85. The van der Waals surface area contributed by atoms with Crippen LogP contribution in [0.4, 0.5) is 0 Å². The van der Waals surface area contributed by atoms with Crippen LogP contribution in [-0.2, 0) is 0 Å². The molecular weight excluding hydrogens is 308 g/mol. The summed E-state index contributed by atoms with van der Waals surface area (Å²) in [5.41, 5.74) is 0. The second-order valence-electron chi connectivity index (χ2n) is 6.41. The first-order valence-corrected chi connectivity index (χ1v) is 9.66. The van der Waals surface area contributed by atoms with Gasteiger partial charge in [0, 0.05) is 39.5 Å². The standard InChI is InChI=1S/C18H40N2O4/c21-15-5-1-9-19(10-2-6-16-22)13-14-20(11-3-7-17-23)12-4-8-18-24/h21-24H,1-18H2. The van der Waals surface area contributed by atoms with E-state index in [-0.39, 0.29) is 26.4 Å². The van der Waals surface area contributed by atoms with Crippen molar-refractivity contribution in [2.24, 2.45) is 0 Å². The molecule has 0 heterocycles. The third kappa shape index (κ3) is 15.3. The van der Waals surface area contributed by atoms with Gasteiger partial charge >= 0.3 is 0 Å². The number of hydrogen-bond acceptors (Lipinski definition) is 6. The quantitative estimate of drug-likeness (QED) is 0.257. The van der Waals surface area contributed by atoms with Crippen molar-refractivity contribution in [3.63, 3.8) is 0 Å². The van der Waals surface area contributed by atoms with Crippen LogP contribution in [0, 0.1) is 0 Å². The Bertz CT molecular complexity index is 201. The van der Waals surface area contributed by atoms with Gasteiger partial charge in [-0.1, -0.05) is 0 Å². The van der Waals surface area contributed by atoms with Crippen molar-refractivity contribution in [3.05, 3.63) is 0 Å². The van der Waals surface area contributed by atoms with Gasteiger partial charge in [-0.2, -0.15) is 0 Å². The molecule has 0 saturated carbocycles. The highest BCUT2D eigenvalue weighted by Crippen LogP contribution is 2.03. The molecule has 0 aliphatic rings. The number of hydrogen-bond donors (Lipinski definition) is 4. The molecule has 0 bridgehead atoms. The van der Waals surface area contributed by atoms with Crippen LogP contribution in [-0.4, -0.2) is 95.9 Å². The van der Waals surface area contributed by atoms with E-state index in [0.717, 1.165) is 90.6 Å². The summed E-state index contributed by atoms with van der Waals surface area (Å²) in [6.07, 6.45) is 7.38. The lowest BCUT2D eigenvalue weighted by Crippen LogP contribution is -2.37. The van der Waals surface area contributed by atoms with E-state index >= 15 is 0 Å². The molecule has 0 unspecified atom stereocenters. The molecule has 0 aliphatic carbocycles. The molecule has 0 aliphatic heterocycles. The zero-order valence-corrected chi connectivity index (χ0v) is 15.4. The highest BCUT2D eigenvalue weighted by atomic mass is 16.3. The number of nitrogens with zero attached hydrogens (tertiary/aromatic N) is 2. The molecule has 6 nitrogen and oxygen atoms in total. The number of rotatable bonds is 19. The Labute approximate surface area is 148 Å². The average Bonchev–Trinajstić information content (AvgIpc) is 2.59. The Hall–Kier alpha value is -0.240. The summed E-state index contributed by atoms with van der Waals surface area (Å²) < 4.78 is 0. The van der Waals surface area contributed by atoms with E-state index < -0.39 is 0 Å². The maximum atomic E-state index is 8.95. The largest absolute Gasteiger partial charge is 0.396 e. The van der Waals surface area contributed by atoms with Gasteiger partial charge in [0.15, 0.2) is 0 Å². The predicted molar refractivity (Wildman–Crippen MR) is 98.2 cm³/mol. The number of aliphatic hydroxyl groups is 4. The number of aliphatic hydroxyl groups excluding tert-OH is 4. The molecule has 0 fully saturated rings. The summed E-state index contributed by atoms with van der Waals surface area (Å²) in [6, 6.07) is 0. The van der Waals surface area contributed by atoms with Gasteiger partial charge in [-0.05, 0) is 77.5 Å². The van der Waals surface area contributed by atoms with Gasteiger partial charge in [0.2, 0.25) is 0 Å². The maximum Gasteiger partial charge on any atom is 0.0431 e. The lowest BCUT2D eigenvalue weighted by Gasteiger charge is -2.28. The Morgan fingerprint density at radius 3 is 0.792 bits per heavy atom. The van der Waals surface area contributed by atoms with E-state index in [4.69, 9.17) is 20.4 Å². The van der Waals surface area contributed by atoms with Crippen LogP contribution in [0.5, 0.6) is 0 Å². The minimum Gasteiger partial charge on any atom is -0.396 e. The normalized spacial score (nSPS) is 11.8. The summed E-state index contributed by atoms with van der Waals surface area (Å²) in [7, 11) is 0. The molecule has 6 heteroatoms. The van der Waals surface area contributed by atoms with Gasteiger partial charge in [-0.3, -0.25) is 0 Å². The molecule has 0 radical (unpaired) electrons. The van der Waals surface area contributed by atoms with Crippen LogP contribution in [0.1, 0.15) is 51.4 Å². The first kappa shape index (κ1) is 23.8. The lowest BCUT2D eigenvalue weighted by molar-refractivity contribution is 0.178. The second-order valence-corrected chi connectivity index (χ2v) is 6.41.